The molecule has 0 aromatic heterocycles. The molecule has 6 nitrogen and oxygen atoms in total. The number of carbonyl (C=O) groups is 2. The van der Waals surface area contributed by atoms with Gasteiger partial charge in [-0.25, -0.2) is 0 Å². The highest BCUT2D eigenvalue weighted by Crippen LogP contribution is 2.22. The summed E-state index contributed by atoms with van der Waals surface area (Å²) in [4.78, 5) is 26.3. The van der Waals surface area contributed by atoms with Crippen LogP contribution in [0.25, 0.3) is 0 Å². The predicted molar refractivity (Wildman–Crippen MR) is 111 cm³/mol. The summed E-state index contributed by atoms with van der Waals surface area (Å²) in [7, 11) is 1.56. The lowest BCUT2D eigenvalue weighted by molar-refractivity contribution is -0.119. The second kappa shape index (κ2) is 10.7. The van der Waals surface area contributed by atoms with E-state index >= 15 is 0 Å². The fraction of sp³-hybridized carbons (Fsp3) is 0.300. The average molecular weight is 434 g/mol. The number of carbonyl (C=O) groups excluding carboxylic acids is 2. The number of ether oxygens (including phenoxy) is 1. The number of hydrogen-bond acceptors (Lipinski definition) is 4. The molecule has 0 saturated heterocycles. The Bertz CT molecular complexity index is 765. The third-order valence-electron chi connectivity index (χ3n) is 3.98. The van der Waals surface area contributed by atoms with E-state index in [4.69, 9.17) is 4.74 Å². The summed E-state index contributed by atoms with van der Waals surface area (Å²) in [6.45, 7) is 3.34. The van der Waals surface area contributed by atoms with Crippen LogP contribution in [0, 0.1) is 0 Å². The van der Waals surface area contributed by atoms with Crippen LogP contribution in [0.3, 0.4) is 0 Å². The second-order valence-electron chi connectivity index (χ2n) is 5.92. The van der Waals surface area contributed by atoms with Crippen LogP contribution in [-0.4, -0.2) is 43.5 Å². The number of para-hydroxylation sites is 2. The van der Waals surface area contributed by atoms with Crippen LogP contribution in [0.2, 0.25) is 0 Å². The van der Waals surface area contributed by atoms with Crippen LogP contribution in [0.15, 0.2) is 53.0 Å². The van der Waals surface area contributed by atoms with E-state index in [1.807, 2.05) is 48.2 Å². The van der Waals surface area contributed by atoms with Crippen LogP contribution >= 0.6 is 15.9 Å². The number of anilines is 2. The number of methoxy groups -OCH3 is 1. The number of amides is 2. The van der Waals surface area contributed by atoms with E-state index in [9.17, 15) is 9.59 Å². The molecule has 2 aromatic carbocycles. The van der Waals surface area contributed by atoms with Gasteiger partial charge in [-0.15, -0.1) is 0 Å². The van der Waals surface area contributed by atoms with Crippen molar-refractivity contribution in [3.05, 3.63) is 53.0 Å². The highest BCUT2D eigenvalue weighted by molar-refractivity contribution is 9.10. The van der Waals surface area contributed by atoms with Crippen LogP contribution in [0.4, 0.5) is 11.4 Å². The molecule has 0 heterocycles. The first-order chi connectivity index (χ1) is 13.0. The fourth-order valence-electron chi connectivity index (χ4n) is 2.51. The molecule has 0 bridgehead atoms. The minimum Gasteiger partial charge on any atom is -0.495 e. The first-order valence-electron chi connectivity index (χ1n) is 8.72. The van der Waals surface area contributed by atoms with Gasteiger partial charge in [-0.2, -0.15) is 0 Å². The Morgan fingerprint density at radius 1 is 1.04 bits per heavy atom. The van der Waals surface area contributed by atoms with Crippen molar-refractivity contribution in [3.63, 3.8) is 0 Å². The molecule has 0 aliphatic heterocycles. The third kappa shape index (κ3) is 7.03. The standard InChI is InChI=1S/C20H24BrN3O3/c1-3-24(13-12-19(25)22-16-10-8-15(21)9-11-16)14-20(26)23-17-6-4-5-7-18(17)27-2/h4-11H,3,12-14H2,1-2H3,(H,22,25)(H,23,26). The van der Waals surface area contributed by atoms with Crippen molar-refractivity contribution in [1.82, 2.24) is 4.90 Å². The van der Waals surface area contributed by atoms with E-state index in [1.54, 1.807) is 19.2 Å². The van der Waals surface area contributed by atoms with Gasteiger partial charge in [0.15, 0.2) is 0 Å². The third-order valence-corrected chi connectivity index (χ3v) is 4.51. The Kier molecular flexibility index (Phi) is 8.29. The van der Waals surface area contributed by atoms with Crippen molar-refractivity contribution in [2.75, 3.05) is 37.4 Å². The number of nitrogens with zero attached hydrogens (tertiary/aromatic N) is 1. The minimum atomic E-state index is -0.144. The van der Waals surface area contributed by atoms with E-state index in [-0.39, 0.29) is 18.4 Å². The summed E-state index contributed by atoms with van der Waals surface area (Å²) >= 11 is 3.36. The van der Waals surface area contributed by atoms with E-state index in [0.717, 1.165) is 10.2 Å². The van der Waals surface area contributed by atoms with E-state index in [2.05, 4.69) is 26.6 Å². The molecule has 0 aliphatic rings. The van der Waals surface area contributed by atoms with E-state index < -0.39 is 0 Å². The zero-order valence-corrected chi connectivity index (χ0v) is 17.1. The quantitative estimate of drug-likeness (QED) is 0.631. The highest BCUT2D eigenvalue weighted by atomic mass is 79.9. The number of likely N-dealkylation sites (N-methyl/N-ethyl adjacent to an activating group) is 1. The Morgan fingerprint density at radius 2 is 1.74 bits per heavy atom. The molecule has 7 heteroatoms. The van der Waals surface area contributed by atoms with Gasteiger partial charge in [-0.3, -0.25) is 14.5 Å². The van der Waals surface area contributed by atoms with Crippen LogP contribution in [-0.2, 0) is 9.59 Å². The van der Waals surface area contributed by atoms with Crippen molar-refractivity contribution < 1.29 is 14.3 Å². The Hall–Kier alpha value is -2.38. The molecule has 2 rings (SSSR count). The molecule has 0 radical (unpaired) electrons. The lowest BCUT2D eigenvalue weighted by atomic mass is 10.2. The van der Waals surface area contributed by atoms with Crippen molar-refractivity contribution in [1.29, 1.82) is 0 Å². The monoisotopic (exact) mass is 433 g/mol. The van der Waals surface area contributed by atoms with Crippen LogP contribution in [0.5, 0.6) is 5.75 Å². The highest BCUT2D eigenvalue weighted by Gasteiger charge is 2.13. The summed E-state index contributed by atoms with van der Waals surface area (Å²) < 4.78 is 6.19. The van der Waals surface area contributed by atoms with Gasteiger partial charge in [0.25, 0.3) is 0 Å². The Morgan fingerprint density at radius 3 is 2.41 bits per heavy atom. The number of halogens is 1. The van der Waals surface area contributed by atoms with Crippen molar-refractivity contribution >= 4 is 39.1 Å². The van der Waals surface area contributed by atoms with Gasteiger partial charge in [-0.1, -0.05) is 35.0 Å². The zero-order chi connectivity index (χ0) is 19.6. The SMILES string of the molecule is CCN(CCC(=O)Nc1ccc(Br)cc1)CC(=O)Nc1ccccc1OC. The van der Waals surface area contributed by atoms with Gasteiger partial charge in [0.1, 0.15) is 5.75 Å². The second-order valence-corrected chi connectivity index (χ2v) is 6.84. The van der Waals surface area contributed by atoms with Gasteiger partial charge in [0.2, 0.25) is 11.8 Å². The molecule has 0 atom stereocenters. The fourth-order valence-corrected chi connectivity index (χ4v) is 2.77. The number of rotatable bonds is 9. The Labute approximate surface area is 168 Å². The van der Waals surface area contributed by atoms with Gasteiger partial charge >= 0.3 is 0 Å². The summed E-state index contributed by atoms with van der Waals surface area (Å²) in [5.41, 5.74) is 1.38. The maximum Gasteiger partial charge on any atom is 0.238 e. The lowest BCUT2D eigenvalue weighted by Gasteiger charge is -2.20. The van der Waals surface area contributed by atoms with Gasteiger partial charge in [0, 0.05) is 23.1 Å². The zero-order valence-electron chi connectivity index (χ0n) is 15.5. The molecule has 0 fully saturated rings. The topological polar surface area (TPSA) is 70.7 Å². The molecular formula is C20H24BrN3O3. The number of benzene rings is 2. The molecule has 0 unspecified atom stereocenters. The molecule has 0 saturated carbocycles. The predicted octanol–water partition coefficient (Wildman–Crippen LogP) is 3.75. The normalized spacial score (nSPS) is 10.5. The first-order valence-corrected chi connectivity index (χ1v) is 9.51. The molecule has 0 aliphatic carbocycles. The van der Waals surface area contributed by atoms with Crippen molar-refractivity contribution in [2.45, 2.75) is 13.3 Å². The summed E-state index contributed by atoms with van der Waals surface area (Å²) in [5, 5.41) is 5.70. The largest absolute Gasteiger partial charge is 0.495 e. The molecule has 2 amide bonds. The average Bonchev–Trinajstić information content (AvgIpc) is 2.67. The first kappa shape index (κ1) is 20.9. The van der Waals surface area contributed by atoms with Gasteiger partial charge < -0.3 is 15.4 Å². The van der Waals surface area contributed by atoms with Gasteiger partial charge in [-0.05, 0) is 42.9 Å². The number of hydrogen-bond donors (Lipinski definition) is 2. The van der Waals surface area contributed by atoms with Gasteiger partial charge in [0.05, 0.1) is 19.3 Å². The smallest absolute Gasteiger partial charge is 0.238 e. The number of nitrogens with one attached hydrogen (secondary N) is 2. The van der Waals surface area contributed by atoms with Crippen molar-refractivity contribution in [2.24, 2.45) is 0 Å². The lowest BCUT2D eigenvalue weighted by Crippen LogP contribution is -2.35. The molecular weight excluding hydrogens is 410 g/mol. The van der Waals surface area contributed by atoms with E-state index in [0.29, 0.717) is 30.9 Å². The summed E-state index contributed by atoms with van der Waals surface area (Å²) in [5.74, 6) is 0.387. The Balaban J connectivity index is 1.81. The maximum atomic E-state index is 12.3. The molecule has 2 aromatic rings. The van der Waals surface area contributed by atoms with Crippen LogP contribution < -0.4 is 15.4 Å². The molecule has 2 N–H and O–H groups in total. The van der Waals surface area contributed by atoms with Crippen LogP contribution in [0.1, 0.15) is 13.3 Å². The molecule has 0 spiro atoms. The summed E-state index contributed by atoms with van der Waals surface area (Å²) in [6, 6.07) is 14.7. The maximum absolute atomic E-state index is 12.3. The molecule has 144 valence electrons. The minimum absolute atomic E-state index is 0.0825. The molecule has 27 heavy (non-hydrogen) atoms. The van der Waals surface area contributed by atoms with E-state index in [1.165, 1.54) is 0 Å². The summed E-state index contributed by atoms with van der Waals surface area (Å²) in [6.07, 6.45) is 0.311. The van der Waals surface area contributed by atoms with Crippen molar-refractivity contribution in [3.8, 4) is 5.75 Å².